The highest BCUT2D eigenvalue weighted by Gasteiger charge is 2.62. The number of benzene rings is 2. The largest absolute Gasteiger partial charge is 0.459 e. The van der Waals surface area contributed by atoms with Crippen LogP contribution in [0.2, 0.25) is 0 Å². The van der Waals surface area contributed by atoms with Crippen LogP contribution in [0.3, 0.4) is 0 Å². The molecule has 0 unspecified atom stereocenters. The van der Waals surface area contributed by atoms with Gasteiger partial charge >= 0.3 is 16.3 Å². The van der Waals surface area contributed by atoms with E-state index in [1.165, 1.54) is 36.4 Å². The number of rotatable bonds is 9. The molecule has 3 aliphatic rings. The number of para-hydroxylation sites is 1. The van der Waals surface area contributed by atoms with Crippen LogP contribution in [0.5, 0.6) is 6.01 Å². The van der Waals surface area contributed by atoms with Gasteiger partial charge in [0.15, 0.2) is 11.6 Å². The Kier molecular flexibility index (Phi) is 13.2. The molecule has 4 heterocycles. The summed E-state index contributed by atoms with van der Waals surface area (Å²) in [5.41, 5.74) is 0.335. The van der Waals surface area contributed by atoms with Crippen LogP contribution in [-0.4, -0.2) is 106 Å². The Morgan fingerprint density at radius 3 is 2.53 bits per heavy atom. The van der Waals surface area contributed by atoms with Gasteiger partial charge in [-0.15, -0.1) is 11.3 Å². The summed E-state index contributed by atoms with van der Waals surface area (Å²) in [5, 5.41) is 7.91. The first-order chi connectivity index (χ1) is 30.2. The predicted molar refractivity (Wildman–Crippen MR) is 236 cm³/mol. The quantitative estimate of drug-likeness (QED) is 0.162. The van der Waals surface area contributed by atoms with Gasteiger partial charge in [-0.3, -0.25) is 19.0 Å². The van der Waals surface area contributed by atoms with Gasteiger partial charge in [0, 0.05) is 49.0 Å². The molecule has 16 nitrogen and oxygen atoms in total. The molecule has 2 aliphatic heterocycles. The smallest absolute Gasteiger partial charge is 0.408 e. The first-order valence-corrected chi connectivity index (χ1v) is 23.6. The Morgan fingerprint density at radius 1 is 1.06 bits per heavy atom. The predicted octanol–water partition coefficient (Wildman–Crippen LogP) is 6.25. The number of nitrogens with one attached hydrogen (secondary N) is 3. The fraction of sp³-hybridized carbons (Fsp3) is 0.500. The Labute approximate surface area is 375 Å². The van der Waals surface area contributed by atoms with Crippen molar-refractivity contribution in [2.75, 3.05) is 20.6 Å². The van der Waals surface area contributed by atoms with E-state index >= 15 is 0 Å². The summed E-state index contributed by atoms with van der Waals surface area (Å²) in [5.74, 6) is -4.60. The lowest BCUT2D eigenvalue weighted by Crippen LogP contribution is -2.58. The number of thiazole rings is 1. The van der Waals surface area contributed by atoms with Crippen molar-refractivity contribution in [3.63, 3.8) is 0 Å². The minimum absolute atomic E-state index is 0.0385. The van der Waals surface area contributed by atoms with E-state index in [9.17, 15) is 36.4 Å². The van der Waals surface area contributed by atoms with Crippen molar-refractivity contribution in [2.24, 2.45) is 5.92 Å². The van der Waals surface area contributed by atoms with Crippen LogP contribution in [0.25, 0.3) is 32.9 Å². The number of ether oxygens (including phenoxy) is 2. The van der Waals surface area contributed by atoms with Crippen molar-refractivity contribution in [3.05, 3.63) is 65.6 Å². The number of hydrogen-bond acceptors (Lipinski definition) is 11. The summed E-state index contributed by atoms with van der Waals surface area (Å²) in [6, 6.07) is 6.93. The van der Waals surface area contributed by atoms with Crippen molar-refractivity contribution >= 4 is 56.4 Å². The van der Waals surface area contributed by atoms with Crippen LogP contribution in [-0.2, 0) is 29.3 Å². The van der Waals surface area contributed by atoms with Gasteiger partial charge in [0.05, 0.1) is 17.8 Å². The zero-order valence-corrected chi connectivity index (χ0v) is 38.4. The van der Waals surface area contributed by atoms with Gasteiger partial charge in [0.25, 0.3) is 11.9 Å². The van der Waals surface area contributed by atoms with E-state index in [2.05, 4.69) is 15.4 Å². The summed E-state index contributed by atoms with van der Waals surface area (Å²) in [4.78, 5) is 67.3. The normalized spacial score (nSPS) is 23.8. The maximum Gasteiger partial charge on any atom is 0.408 e. The van der Waals surface area contributed by atoms with E-state index in [-0.39, 0.29) is 37.9 Å². The third-order valence-electron chi connectivity index (χ3n) is 11.5. The average molecular weight is 925 g/mol. The van der Waals surface area contributed by atoms with Gasteiger partial charge in [-0.05, 0) is 90.6 Å². The zero-order chi connectivity index (χ0) is 46.3. The highest BCUT2D eigenvalue weighted by molar-refractivity contribution is 7.87. The topological polar surface area (TPSA) is 194 Å². The minimum atomic E-state index is -4.22. The Balaban J connectivity index is 1.23. The summed E-state index contributed by atoms with van der Waals surface area (Å²) in [6.07, 6.45) is 5.16. The summed E-state index contributed by atoms with van der Waals surface area (Å²) < 4.78 is 70.5. The SMILES string of the molecule is CC(C)n1c(O[C@@H]2C[C@H]3C(=O)N[C@]4(C(=O)NS(=O)(=O)N(C)C)C[C@H]4/C=C\CCCCC[C@H](NC(=O)OC(C)(C)C)C(=O)N3C2)nc2c(-c3nc(-c4ccc(F)c(F)c4)cs3)cccc21. The van der Waals surface area contributed by atoms with Crippen LogP contribution in [0.1, 0.15) is 85.6 Å². The van der Waals surface area contributed by atoms with Gasteiger partial charge in [0.1, 0.15) is 39.9 Å². The molecule has 0 spiro atoms. The van der Waals surface area contributed by atoms with Gasteiger partial charge in [-0.2, -0.15) is 17.7 Å². The van der Waals surface area contributed by atoms with Crippen LogP contribution in [0.15, 0.2) is 53.9 Å². The first-order valence-electron chi connectivity index (χ1n) is 21.3. The van der Waals surface area contributed by atoms with E-state index < -0.39 is 80.9 Å². The lowest BCUT2D eigenvalue weighted by molar-refractivity contribution is -0.141. The fourth-order valence-electron chi connectivity index (χ4n) is 8.10. The second-order valence-electron chi connectivity index (χ2n) is 17.9. The van der Waals surface area contributed by atoms with Crippen LogP contribution < -0.4 is 20.1 Å². The first kappa shape index (κ1) is 46.5. The molecule has 4 amide bonds. The number of halogens is 2. The van der Waals surface area contributed by atoms with E-state index in [0.717, 1.165) is 22.9 Å². The van der Waals surface area contributed by atoms with Crippen molar-refractivity contribution in [1.82, 2.24) is 39.1 Å². The van der Waals surface area contributed by atoms with E-state index in [1.807, 2.05) is 48.8 Å². The maximum atomic E-state index is 14.7. The molecule has 1 saturated carbocycles. The molecule has 3 N–H and O–H groups in total. The summed E-state index contributed by atoms with van der Waals surface area (Å²) in [7, 11) is -1.66. The highest BCUT2D eigenvalue weighted by atomic mass is 32.2. The number of imidazole rings is 1. The molecular weight excluding hydrogens is 871 g/mol. The molecule has 0 radical (unpaired) electrons. The molecule has 64 heavy (non-hydrogen) atoms. The molecule has 1 saturated heterocycles. The van der Waals surface area contributed by atoms with E-state index in [1.54, 1.807) is 26.2 Å². The molecule has 7 rings (SSSR count). The van der Waals surface area contributed by atoms with Gasteiger partial charge in [0.2, 0.25) is 11.8 Å². The molecule has 2 aromatic heterocycles. The fourth-order valence-corrected chi connectivity index (χ4v) is 9.55. The van der Waals surface area contributed by atoms with E-state index in [4.69, 9.17) is 19.4 Å². The van der Waals surface area contributed by atoms with Crippen LogP contribution >= 0.6 is 11.3 Å². The third kappa shape index (κ3) is 9.92. The van der Waals surface area contributed by atoms with Crippen molar-refractivity contribution in [3.8, 4) is 27.8 Å². The maximum absolute atomic E-state index is 14.7. The zero-order valence-electron chi connectivity index (χ0n) is 36.8. The number of amides is 4. The summed E-state index contributed by atoms with van der Waals surface area (Å²) >= 11 is 1.31. The lowest BCUT2D eigenvalue weighted by atomic mass is 10.0. The Hall–Kier alpha value is -5.47. The van der Waals surface area contributed by atoms with E-state index in [0.29, 0.717) is 52.1 Å². The molecule has 1 aliphatic carbocycles. The number of allylic oxidation sites excluding steroid dienone is 1. The number of carbonyl (C=O) groups is 4. The molecular formula is C44H54F2N8O8S2. The van der Waals surface area contributed by atoms with Crippen molar-refractivity contribution < 1.29 is 45.9 Å². The molecule has 0 bridgehead atoms. The second kappa shape index (κ2) is 18.2. The minimum Gasteiger partial charge on any atom is -0.459 e. The van der Waals surface area contributed by atoms with Crippen LogP contribution in [0, 0.1) is 17.6 Å². The van der Waals surface area contributed by atoms with Gasteiger partial charge in [-0.1, -0.05) is 31.1 Å². The number of carbonyl (C=O) groups excluding carboxylic acids is 4. The van der Waals surface area contributed by atoms with Gasteiger partial charge in [-0.25, -0.2) is 23.3 Å². The van der Waals surface area contributed by atoms with Crippen molar-refractivity contribution in [2.45, 2.75) is 115 Å². The van der Waals surface area contributed by atoms with Gasteiger partial charge < -0.3 is 25.0 Å². The Morgan fingerprint density at radius 2 is 1.83 bits per heavy atom. The molecule has 2 fully saturated rings. The molecule has 4 aromatic rings. The molecule has 5 atom stereocenters. The number of fused-ring (bicyclic) bond motifs is 3. The standard InChI is InChI=1S/C44H54F2N8O8S2/c1-25(2)54-34-17-13-15-29(38-47-33(24-63-38)26-18-19-30(45)31(46)20-26)36(34)49-41(54)61-28-21-35-37(55)50-44(40(57)51-64(59,60)52(6)7)22-27(44)14-11-9-8-10-12-16-32(39(56)53(35)23-28)48-42(58)62-43(3,4)5/h11,13-15,17-20,24-25,27-28,32,35H,8-10,12,16,21-23H2,1-7H3,(H,48,58)(H,50,55)(H,51,57)/b14-11-/t27-,28-,32+,35+,44-/m1/s1. The monoisotopic (exact) mass is 924 g/mol. The second-order valence-corrected chi connectivity index (χ2v) is 20.7. The lowest BCUT2D eigenvalue weighted by Gasteiger charge is -2.30. The number of aromatic nitrogens is 3. The number of nitrogens with zero attached hydrogens (tertiary/aromatic N) is 5. The van der Waals surface area contributed by atoms with Crippen LogP contribution in [0.4, 0.5) is 13.6 Å². The molecule has 344 valence electrons. The average Bonchev–Trinajstić information content (AvgIpc) is 3.56. The summed E-state index contributed by atoms with van der Waals surface area (Å²) in [6.45, 7) is 8.93. The number of hydrogen-bond donors (Lipinski definition) is 3. The molecule has 2 aromatic carbocycles. The Bertz CT molecular complexity index is 2590. The molecule has 20 heteroatoms. The number of alkyl carbamates (subject to hydrolysis) is 1. The van der Waals surface area contributed by atoms with Crippen molar-refractivity contribution in [1.29, 1.82) is 0 Å². The third-order valence-corrected chi connectivity index (χ3v) is 13.7. The highest BCUT2D eigenvalue weighted by Crippen LogP contribution is 2.46.